The third-order valence-corrected chi connectivity index (χ3v) is 4.37. The topological polar surface area (TPSA) is 43.4 Å². The average molecular weight is 305 g/mol. The van der Waals surface area contributed by atoms with Crippen molar-refractivity contribution in [2.24, 2.45) is 0 Å². The molecule has 1 rings (SSSR count). The van der Waals surface area contributed by atoms with Gasteiger partial charge in [0.2, 0.25) is 0 Å². The molecule has 0 aliphatic heterocycles. The van der Waals surface area contributed by atoms with Crippen molar-refractivity contribution in [3.8, 4) is 0 Å². The van der Waals surface area contributed by atoms with Gasteiger partial charge in [-0.2, -0.15) is 8.42 Å². The third-order valence-electron chi connectivity index (χ3n) is 2.73. The Hall–Kier alpha value is -0.580. The van der Waals surface area contributed by atoms with Gasteiger partial charge in [-0.05, 0) is 29.9 Å². The fourth-order valence-corrected chi connectivity index (χ4v) is 3.27. The van der Waals surface area contributed by atoms with E-state index in [0.717, 1.165) is 12.0 Å². The summed E-state index contributed by atoms with van der Waals surface area (Å²) < 4.78 is 29.5. The second-order valence-corrected chi connectivity index (χ2v) is 7.38. The molecule has 1 aromatic rings. The van der Waals surface area contributed by atoms with Crippen molar-refractivity contribution in [2.75, 3.05) is 12.5 Å². The molecule has 0 aromatic heterocycles. The van der Waals surface area contributed by atoms with Crippen LogP contribution in [-0.2, 0) is 19.7 Å². The minimum atomic E-state index is -3.70. The van der Waals surface area contributed by atoms with E-state index in [4.69, 9.17) is 15.8 Å². The number of alkyl halides is 1. The van der Waals surface area contributed by atoms with Crippen LogP contribution in [0.1, 0.15) is 39.2 Å². The second kappa shape index (κ2) is 6.73. The molecule has 0 spiro atoms. The molecule has 0 radical (unpaired) electrons. The van der Waals surface area contributed by atoms with Gasteiger partial charge >= 0.3 is 0 Å². The smallest absolute Gasteiger partial charge is 0.266 e. The lowest BCUT2D eigenvalue weighted by Gasteiger charge is -2.22. The predicted molar refractivity (Wildman–Crippen MR) is 78.2 cm³/mol. The van der Waals surface area contributed by atoms with Crippen molar-refractivity contribution >= 4 is 21.7 Å². The Kier molecular flexibility index (Phi) is 5.83. The lowest BCUT2D eigenvalue weighted by molar-refractivity contribution is 0.310. The summed E-state index contributed by atoms with van der Waals surface area (Å²) in [5, 5.41) is 0. The third kappa shape index (κ3) is 4.79. The van der Waals surface area contributed by atoms with Gasteiger partial charge in [-0.25, -0.2) is 0 Å². The minimum Gasteiger partial charge on any atom is -0.266 e. The number of halogens is 1. The Morgan fingerprint density at radius 3 is 2.37 bits per heavy atom. The van der Waals surface area contributed by atoms with Crippen LogP contribution in [0.2, 0.25) is 0 Å². The Balaban J connectivity index is 2.96. The van der Waals surface area contributed by atoms with Gasteiger partial charge in [0.05, 0.1) is 11.5 Å². The van der Waals surface area contributed by atoms with Crippen molar-refractivity contribution in [2.45, 2.75) is 43.9 Å². The van der Waals surface area contributed by atoms with Crippen LogP contribution in [0.3, 0.4) is 0 Å². The molecule has 0 atom stereocenters. The minimum absolute atomic E-state index is 0.174. The van der Waals surface area contributed by atoms with Crippen LogP contribution >= 0.6 is 11.6 Å². The summed E-state index contributed by atoms with van der Waals surface area (Å²) in [4.78, 5) is 0.258. The molecular formula is C14H21ClO3S. The maximum atomic E-state index is 12.2. The first kappa shape index (κ1) is 16.5. The van der Waals surface area contributed by atoms with Gasteiger partial charge in [-0.1, -0.05) is 39.0 Å². The highest BCUT2D eigenvalue weighted by atomic mass is 35.5. The standard InChI is InChI=1S/C14H21ClO3S/c1-14(2,3)12-8-4-5-9-13(12)19(16,17)18-11-7-6-10-15/h4-5,8-9H,6-7,10-11H2,1-3H3. The summed E-state index contributed by atoms with van der Waals surface area (Å²) in [5.74, 6) is 0.516. The van der Waals surface area contributed by atoms with E-state index in [-0.39, 0.29) is 16.9 Å². The maximum Gasteiger partial charge on any atom is 0.297 e. The Morgan fingerprint density at radius 1 is 1.16 bits per heavy atom. The quantitative estimate of drug-likeness (QED) is 0.457. The second-order valence-electron chi connectivity index (χ2n) is 5.42. The van der Waals surface area contributed by atoms with E-state index in [1.165, 1.54) is 0 Å². The first-order chi connectivity index (χ1) is 8.79. The zero-order valence-electron chi connectivity index (χ0n) is 11.6. The van der Waals surface area contributed by atoms with Crippen LogP contribution in [0.4, 0.5) is 0 Å². The summed E-state index contributed by atoms with van der Waals surface area (Å²) in [7, 11) is -3.70. The first-order valence-electron chi connectivity index (χ1n) is 6.34. The Labute approximate surface area is 121 Å². The lowest BCUT2D eigenvalue weighted by Crippen LogP contribution is -2.18. The van der Waals surface area contributed by atoms with E-state index in [1.54, 1.807) is 12.1 Å². The van der Waals surface area contributed by atoms with Gasteiger partial charge in [0.25, 0.3) is 10.1 Å². The number of benzene rings is 1. The summed E-state index contributed by atoms with van der Waals surface area (Å²) in [5.41, 5.74) is 0.524. The molecule has 0 aliphatic carbocycles. The molecule has 0 bridgehead atoms. The molecule has 0 unspecified atom stereocenters. The van der Waals surface area contributed by atoms with Crippen molar-refractivity contribution < 1.29 is 12.6 Å². The van der Waals surface area contributed by atoms with E-state index in [9.17, 15) is 8.42 Å². The van der Waals surface area contributed by atoms with E-state index in [2.05, 4.69) is 0 Å². The molecule has 0 N–H and O–H groups in total. The van der Waals surface area contributed by atoms with Crippen molar-refractivity contribution in [3.63, 3.8) is 0 Å². The Morgan fingerprint density at radius 2 is 1.79 bits per heavy atom. The number of unbranched alkanes of at least 4 members (excludes halogenated alkanes) is 1. The first-order valence-corrected chi connectivity index (χ1v) is 8.28. The number of rotatable bonds is 6. The van der Waals surface area contributed by atoms with Gasteiger partial charge in [-0.15, -0.1) is 11.6 Å². The van der Waals surface area contributed by atoms with Gasteiger partial charge in [-0.3, -0.25) is 4.18 Å². The molecule has 1 aromatic carbocycles. The number of hydrogen-bond donors (Lipinski definition) is 0. The van der Waals surface area contributed by atoms with Gasteiger partial charge in [0.15, 0.2) is 0 Å². The molecule has 3 nitrogen and oxygen atoms in total. The van der Waals surface area contributed by atoms with E-state index >= 15 is 0 Å². The van der Waals surface area contributed by atoms with Crippen LogP contribution in [0, 0.1) is 0 Å². The molecule has 0 saturated heterocycles. The SMILES string of the molecule is CC(C)(C)c1ccccc1S(=O)(=O)OCCCCCl. The zero-order chi connectivity index (χ0) is 14.5. The molecule has 0 fully saturated rings. The van der Waals surface area contributed by atoms with Gasteiger partial charge < -0.3 is 0 Å². The highest BCUT2D eigenvalue weighted by Crippen LogP contribution is 2.29. The highest BCUT2D eigenvalue weighted by Gasteiger charge is 2.25. The summed E-state index contributed by atoms with van der Waals surface area (Å²) in [6, 6.07) is 6.98. The fourth-order valence-electron chi connectivity index (χ4n) is 1.73. The Bertz CT molecular complexity index is 504. The van der Waals surface area contributed by atoms with Crippen molar-refractivity contribution in [1.82, 2.24) is 0 Å². The zero-order valence-corrected chi connectivity index (χ0v) is 13.2. The molecule has 0 saturated carbocycles. The highest BCUT2D eigenvalue weighted by molar-refractivity contribution is 7.86. The predicted octanol–water partition coefficient (Wildman–Crippen LogP) is 3.71. The molecule has 19 heavy (non-hydrogen) atoms. The van der Waals surface area contributed by atoms with Gasteiger partial charge in [0.1, 0.15) is 0 Å². The summed E-state index contributed by atoms with van der Waals surface area (Å²) in [6.45, 7) is 6.12. The van der Waals surface area contributed by atoms with Crippen molar-refractivity contribution in [1.29, 1.82) is 0 Å². The largest absolute Gasteiger partial charge is 0.297 e. The van der Waals surface area contributed by atoms with Crippen LogP contribution in [0.15, 0.2) is 29.2 Å². The molecule has 0 heterocycles. The van der Waals surface area contributed by atoms with E-state index in [0.29, 0.717) is 12.3 Å². The molecule has 0 aliphatic rings. The summed E-state index contributed by atoms with van der Waals surface area (Å²) in [6.07, 6.45) is 1.39. The van der Waals surface area contributed by atoms with Crippen LogP contribution in [0.5, 0.6) is 0 Å². The number of hydrogen-bond acceptors (Lipinski definition) is 3. The normalized spacial score (nSPS) is 12.6. The van der Waals surface area contributed by atoms with Crippen LogP contribution in [-0.4, -0.2) is 20.9 Å². The molecule has 0 amide bonds. The molecular weight excluding hydrogens is 284 g/mol. The average Bonchev–Trinajstić information content (AvgIpc) is 2.34. The van der Waals surface area contributed by atoms with Crippen LogP contribution in [0.25, 0.3) is 0 Å². The molecule has 5 heteroatoms. The monoisotopic (exact) mass is 304 g/mol. The van der Waals surface area contributed by atoms with Crippen molar-refractivity contribution in [3.05, 3.63) is 29.8 Å². The maximum absolute atomic E-state index is 12.2. The lowest BCUT2D eigenvalue weighted by atomic mass is 9.87. The fraction of sp³-hybridized carbons (Fsp3) is 0.571. The van der Waals surface area contributed by atoms with E-state index < -0.39 is 10.1 Å². The molecule has 108 valence electrons. The van der Waals surface area contributed by atoms with Gasteiger partial charge in [0, 0.05) is 5.88 Å². The van der Waals surface area contributed by atoms with E-state index in [1.807, 2.05) is 32.9 Å². The van der Waals surface area contributed by atoms with Crippen LogP contribution < -0.4 is 0 Å². The summed E-state index contributed by atoms with van der Waals surface area (Å²) >= 11 is 5.55.